The Morgan fingerprint density at radius 3 is 2.64 bits per heavy atom. The van der Waals surface area contributed by atoms with Crippen LogP contribution in [0.1, 0.15) is 34.3 Å². The van der Waals surface area contributed by atoms with Crippen molar-refractivity contribution in [1.29, 1.82) is 0 Å². The van der Waals surface area contributed by atoms with Gasteiger partial charge in [0.2, 0.25) is 0 Å². The topological polar surface area (TPSA) is 84.5 Å². The van der Waals surface area contributed by atoms with Crippen LogP contribution in [-0.2, 0) is 14.8 Å². The summed E-state index contributed by atoms with van der Waals surface area (Å²) in [6.07, 6.45) is 1.85. The molecule has 1 heterocycles. The van der Waals surface area contributed by atoms with Gasteiger partial charge >= 0.3 is 0 Å². The number of sulfonamides is 1. The van der Waals surface area contributed by atoms with Gasteiger partial charge in [0.15, 0.2) is 0 Å². The first-order chi connectivity index (χ1) is 13.3. The first-order valence-electron chi connectivity index (χ1n) is 9.06. The van der Waals surface area contributed by atoms with Crippen molar-refractivity contribution in [2.45, 2.75) is 37.7 Å². The van der Waals surface area contributed by atoms with Gasteiger partial charge in [-0.1, -0.05) is 17.7 Å². The molecule has 6 nitrogen and oxygen atoms in total. The number of carbonyl (C=O) groups is 1. The van der Waals surface area contributed by atoms with E-state index >= 15 is 0 Å². The number of benzene rings is 2. The minimum absolute atomic E-state index is 0.0129. The number of carbonyl (C=O) groups excluding carboxylic acids is 1. The van der Waals surface area contributed by atoms with Gasteiger partial charge in [-0.05, 0) is 68.1 Å². The zero-order valence-corrected chi connectivity index (χ0v) is 17.4. The molecule has 0 spiro atoms. The molecule has 0 radical (unpaired) electrons. The van der Waals surface area contributed by atoms with Gasteiger partial charge in [0.05, 0.1) is 21.6 Å². The van der Waals surface area contributed by atoms with Crippen molar-refractivity contribution < 1.29 is 17.9 Å². The second-order valence-electron chi connectivity index (χ2n) is 6.89. The van der Waals surface area contributed by atoms with Gasteiger partial charge in [0.25, 0.3) is 15.9 Å². The fourth-order valence-electron chi connectivity index (χ4n) is 2.97. The quantitative estimate of drug-likeness (QED) is 0.743. The molecule has 8 heteroatoms. The van der Waals surface area contributed by atoms with Crippen molar-refractivity contribution in [3.8, 4) is 0 Å². The summed E-state index contributed by atoms with van der Waals surface area (Å²) in [4.78, 5) is 12.4. The number of aryl methyl sites for hydroxylation is 2. The summed E-state index contributed by atoms with van der Waals surface area (Å²) in [5, 5.41) is 2.95. The maximum absolute atomic E-state index is 12.7. The number of ether oxygens (including phenoxy) is 1. The number of halogens is 1. The zero-order chi connectivity index (χ0) is 20.3. The van der Waals surface area contributed by atoms with Crippen LogP contribution in [0.3, 0.4) is 0 Å². The summed E-state index contributed by atoms with van der Waals surface area (Å²) in [7, 11) is -3.86. The second kappa shape index (κ2) is 8.51. The van der Waals surface area contributed by atoms with Crippen LogP contribution < -0.4 is 10.0 Å². The van der Waals surface area contributed by atoms with E-state index in [4.69, 9.17) is 16.3 Å². The Balaban J connectivity index is 1.78. The summed E-state index contributed by atoms with van der Waals surface area (Å²) in [6, 6.07) is 9.39. The van der Waals surface area contributed by atoms with E-state index in [0.717, 1.165) is 24.0 Å². The molecule has 1 aliphatic heterocycles. The SMILES string of the molecule is Cc1ccc(NS(=O)(=O)c2ccc(Cl)c(C(=O)NCC3CCCO3)c2)cc1C. The van der Waals surface area contributed by atoms with Crippen molar-refractivity contribution in [1.82, 2.24) is 5.32 Å². The van der Waals surface area contributed by atoms with E-state index in [0.29, 0.717) is 18.8 Å². The highest BCUT2D eigenvalue weighted by Gasteiger charge is 2.21. The van der Waals surface area contributed by atoms with Crippen LogP contribution >= 0.6 is 11.6 Å². The number of rotatable bonds is 6. The first kappa shape index (κ1) is 20.6. The number of amides is 1. The third-order valence-corrected chi connectivity index (χ3v) is 6.47. The molecule has 3 rings (SSSR count). The zero-order valence-electron chi connectivity index (χ0n) is 15.8. The van der Waals surface area contributed by atoms with Crippen LogP contribution in [0.4, 0.5) is 5.69 Å². The average molecular weight is 423 g/mol. The maximum atomic E-state index is 12.7. The molecule has 1 saturated heterocycles. The second-order valence-corrected chi connectivity index (χ2v) is 8.98. The molecule has 0 saturated carbocycles. The normalized spacial score (nSPS) is 16.8. The van der Waals surface area contributed by atoms with E-state index in [2.05, 4.69) is 10.0 Å². The summed E-state index contributed by atoms with van der Waals surface area (Å²) in [6.45, 7) is 4.92. The summed E-state index contributed by atoms with van der Waals surface area (Å²) in [5.41, 5.74) is 2.62. The maximum Gasteiger partial charge on any atom is 0.261 e. The molecule has 1 amide bonds. The van der Waals surface area contributed by atoms with Crippen molar-refractivity contribution >= 4 is 33.2 Å². The minimum atomic E-state index is -3.86. The Hall–Kier alpha value is -2.09. The Labute approximate surface area is 170 Å². The summed E-state index contributed by atoms with van der Waals surface area (Å²) in [5.74, 6) is -0.427. The lowest BCUT2D eigenvalue weighted by Gasteiger charge is -2.13. The van der Waals surface area contributed by atoms with E-state index in [1.54, 1.807) is 12.1 Å². The van der Waals surface area contributed by atoms with E-state index in [1.165, 1.54) is 18.2 Å². The predicted molar refractivity (Wildman–Crippen MR) is 109 cm³/mol. The highest BCUT2D eigenvalue weighted by atomic mass is 35.5. The van der Waals surface area contributed by atoms with Crippen molar-refractivity contribution in [3.05, 3.63) is 58.1 Å². The van der Waals surface area contributed by atoms with E-state index < -0.39 is 15.9 Å². The third-order valence-electron chi connectivity index (χ3n) is 4.77. The molecule has 2 aromatic rings. The van der Waals surface area contributed by atoms with Crippen molar-refractivity contribution in [2.24, 2.45) is 0 Å². The summed E-state index contributed by atoms with van der Waals surface area (Å²) >= 11 is 6.13. The number of anilines is 1. The Bertz CT molecular complexity index is 986. The minimum Gasteiger partial charge on any atom is -0.376 e. The lowest BCUT2D eigenvalue weighted by atomic mass is 10.1. The smallest absolute Gasteiger partial charge is 0.261 e. The molecule has 150 valence electrons. The van der Waals surface area contributed by atoms with Gasteiger partial charge < -0.3 is 10.1 Å². The molecule has 0 aromatic heterocycles. The molecule has 2 N–H and O–H groups in total. The molecular formula is C20H23ClN2O4S. The molecule has 1 aliphatic rings. The van der Waals surface area contributed by atoms with Crippen LogP contribution in [0.5, 0.6) is 0 Å². The Morgan fingerprint density at radius 2 is 1.96 bits per heavy atom. The molecule has 0 aliphatic carbocycles. The van der Waals surface area contributed by atoms with Gasteiger partial charge in [-0.2, -0.15) is 0 Å². The van der Waals surface area contributed by atoms with Crippen LogP contribution in [-0.4, -0.2) is 33.6 Å². The molecular weight excluding hydrogens is 400 g/mol. The first-order valence-corrected chi connectivity index (χ1v) is 10.9. The van der Waals surface area contributed by atoms with E-state index in [-0.39, 0.29) is 21.6 Å². The molecule has 2 aromatic carbocycles. The fourth-order valence-corrected chi connectivity index (χ4v) is 4.25. The highest BCUT2D eigenvalue weighted by molar-refractivity contribution is 7.92. The summed E-state index contributed by atoms with van der Waals surface area (Å²) < 4.78 is 33.5. The standard InChI is InChI=1S/C20H23ClN2O4S/c1-13-5-6-15(10-14(13)2)23-28(25,26)17-7-8-19(21)18(11-17)20(24)22-12-16-4-3-9-27-16/h5-8,10-11,16,23H,3-4,9,12H2,1-2H3,(H,22,24). The van der Waals surface area contributed by atoms with Gasteiger partial charge in [-0.3, -0.25) is 9.52 Å². The van der Waals surface area contributed by atoms with E-state index in [1.807, 2.05) is 19.9 Å². The molecule has 1 unspecified atom stereocenters. The lowest BCUT2D eigenvalue weighted by Crippen LogP contribution is -2.32. The van der Waals surface area contributed by atoms with Crippen LogP contribution in [0, 0.1) is 13.8 Å². The van der Waals surface area contributed by atoms with Crippen molar-refractivity contribution in [3.63, 3.8) is 0 Å². The van der Waals surface area contributed by atoms with Gasteiger partial charge in [-0.15, -0.1) is 0 Å². The predicted octanol–water partition coefficient (Wildman–Crippen LogP) is 3.67. The molecule has 1 atom stereocenters. The van der Waals surface area contributed by atoms with Gasteiger partial charge in [0, 0.05) is 18.8 Å². The van der Waals surface area contributed by atoms with Gasteiger partial charge in [-0.25, -0.2) is 8.42 Å². The van der Waals surface area contributed by atoms with Crippen LogP contribution in [0.25, 0.3) is 0 Å². The average Bonchev–Trinajstić information content (AvgIpc) is 3.16. The third kappa shape index (κ3) is 4.84. The highest BCUT2D eigenvalue weighted by Crippen LogP contribution is 2.24. The Kier molecular flexibility index (Phi) is 6.27. The van der Waals surface area contributed by atoms with Crippen molar-refractivity contribution in [2.75, 3.05) is 17.9 Å². The van der Waals surface area contributed by atoms with Crippen LogP contribution in [0.2, 0.25) is 5.02 Å². The number of hydrogen-bond acceptors (Lipinski definition) is 4. The van der Waals surface area contributed by atoms with E-state index in [9.17, 15) is 13.2 Å². The van der Waals surface area contributed by atoms with Crippen LogP contribution in [0.15, 0.2) is 41.3 Å². The molecule has 28 heavy (non-hydrogen) atoms. The monoisotopic (exact) mass is 422 g/mol. The molecule has 0 bridgehead atoms. The largest absolute Gasteiger partial charge is 0.376 e. The van der Waals surface area contributed by atoms with Gasteiger partial charge in [0.1, 0.15) is 0 Å². The number of hydrogen-bond donors (Lipinski definition) is 2. The lowest BCUT2D eigenvalue weighted by molar-refractivity contribution is 0.0857. The number of nitrogens with one attached hydrogen (secondary N) is 2. The molecule has 1 fully saturated rings. The fraction of sp³-hybridized carbons (Fsp3) is 0.350. The Morgan fingerprint density at radius 1 is 1.18 bits per heavy atom.